The summed E-state index contributed by atoms with van der Waals surface area (Å²) >= 11 is 0. The SMILES string of the molecule is C=C1CCC(N2Cc3cc(O[C@H]4CCCCC[C@H]4N4CCC(C)(OC)CC4)ccc3C2=O)C(=O)N1. The lowest BCUT2D eigenvalue weighted by Crippen LogP contribution is -2.52. The molecule has 3 heterocycles. The molecule has 1 aliphatic carbocycles. The van der Waals surface area contributed by atoms with Gasteiger partial charge in [0.1, 0.15) is 17.9 Å². The second-order valence-electron chi connectivity index (χ2n) is 11.0. The van der Waals surface area contributed by atoms with E-state index in [-0.39, 0.29) is 23.5 Å². The van der Waals surface area contributed by atoms with Crippen molar-refractivity contribution in [3.63, 3.8) is 0 Å². The average molecular weight is 482 g/mol. The molecule has 3 fully saturated rings. The minimum atomic E-state index is -0.437. The first-order valence-electron chi connectivity index (χ1n) is 13.3. The van der Waals surface area contributed by atoms with E-state index in [0.29, 0.717) is 31.0 Å². The van der Waals surface area contributed by atoms with Crippen LogP contribution in [-0.2, 0) is 16.1 Å². The second kappa shape index (κ2) is 9.94. The van der Waals surface area contributed by atoms with Crippen molar-refractivity contribution in [2.24, 2.45) is 0 Å². The molecule has 7 heteroatoms. The van der Waals surface area contributed by atoms with Crippen LogP contribution in [0.1, 0.15) is 80.6 Å². The number of amides is 2. The maximum atomic E-state index is 13.1. The van der Waals surface area contributed by atoms with Gasteiger partial charge in [0.25, 0.3) is 5.91 Å². The topological polar surface area (TPSA) is 71.1 Å². The third-order valence-corrected chi connectivity index (χ3v) is 8.63. The van der Waals surface area contributed by atoms with Crippen LogP contribution in [0.15, 0.2) is 30.5 Å². The molecule has 1 aromatic carbocycles. The van der Waals surface area contributed by atoms with Gasteiger partial charge in [-0.25, -0.2) is 0 Å². The molecule has 2 saturated heterocycles. The average Bonchev–Trinajstić information content (AvgIpc) is 3.00. The van der Waals surface area contributed by atoms with E-state index in [1.807, 2.05) is 25.3 Å². The Morgan fingerprint density at radius 3 is 2.60 bits per heavy atom. The molecule has 0 spiro atoms. The van der Waals surface area contributed by atoms with Gasteiger partial charge in [-0.1, -0.05) is 19.4 Å². The summed E-state index contributed by atoms with van der Waals surface area (Å²) in [5.74, 6) is 0.628. The van der Waals surface area contributed by atoms with Gasteiger partial charge in [0, 0.05) is 44.0 Å². The van der Waals surface area contributed by atoms with Crippen molar-refractivity contribution in [3.05, 3.63) is 41.6 Å². The number of methoxy groups -OCH3 is 1. The number of rotatable bonds is 5. The number of benzene rings is 1. The number of carbonyl (C=O) groups excluding carboxylic acids is 2. The molecular formula is C28H39N3O4. The number of likely N-dealkylation sites (tertiary alicyclic amines) is 1. The molecule has 0 radical (unpaired) electrons. The van der Waals surface area contributed by atoms with Crippen molar-refractivity contribution in [2.45, 2.75) is 95.0 Å². The molecule has 35 heavy (non-hydrogen) atoms. The maximum Gasteiger partial charge on any atom is 0.255 e. The summed E-state index contributed by atoms with van der Waals surface area (Å²) in [6.07, 6.45) is 9.45. The molecule has 7 nitrogen and oxygen atoms in total. The number of nitrogens with zero attached hydrogens (tertiary/aromatic N) is 2. The number of carbonyl (C=O) groups is 2. The lowest BCUT2D eigenvalue weighted by atomic mass is 9.91. The van der Waals surface area contributed by atoms with E-state index >= 15 is 0 Å². The predicted molar refractivity (Wildman–Crippen MR) is 134 cm³/mol. The van der Waals surface area contributed by atoms with Crippen LogP contribution in [-0.4, -0.2) is 65.6 Å². The highest BCUT2D eigenvalue weighted by molar-refractivity contribution is 6.01. The Morgan fingerprint density at radius 1 is 1.09 bits per heavy atom. The van der Waals surface area contributed by atoms with Crippen molar-refractivity contribution < 1.29 is 19.1 Å². The highest BCUT2D eigenvalue weighted by Crippen LogP contribution is 2.34. The zero-order valence-corrected chi connectivity index (χ0v) is 21.2. The van der Waals surface area contributed by atoms with Gasteiger partial charge in [-0.2, -0.15) is 0 Å². The van der Waals surface area contributed by atoms with Crippen molar-refractivity contribution >= 4 is 11.8 Å². The molecule has 1 N–H and O–H groups in total. The molecule has 0 bridgehead atoms. The van der Waals surface area contributed by atoms with Crippen LogP contribution in [0.2, 0.25) is 0 Å². The standard InChI is InChI=1S/C28H39N3O4/c1-19-9-12-24(26(32)29-19)31-18-20-17-21(10-11-22(20)27(31)33)35-25-8-6-4-5-7-23(25)30-15-13-28(2,34-3)14-16-30/h10-11,17,23-25H,1,4-9,12-16,18H2,2-3H3,(H,29,32)/t23-,24?,25+/m1/s1. The van der Waals surface area contributed by atoms with E-state index in [4.69, 9.17) is 9.47 Å². The molecule has 5 rings (SSSR count). The lowest BCUT2D eigenvalue weighted by Gasteiger charge is -2.43. The highest BCUT2D eigenvalue weighted by atomic mass is 16.5. The van der Waals surface area contributed by atoms with Crippen LogP contribution in [0.5, 0.6) is 5.75 Å². The fourth-order valence-corrected chi connectivity index (χ4v) is 6.22. The van der Waals surface area contributed by atoms with E-state index in [1.54, 1.807) is 4.90 Å². The van der Waals surface area contributed by atoms with Crippen LogP contribution in [0.25, 0.3) is 0 Å². The highest BCUT2D eigenvalue weighted by Gasteiger charge is 2.39. The summed E-state index contributed by atoms with van der Waals surface area (Å²) in [7, 11) is 1.82. The van der Waals surface area contributed by atoms with E-state index < -0.39 is 6.04 Å². The Bertz CT molecular complexity index is 984. The van der Waals surface area contributed by atoms with Crippen LogP contribution in [0.4, 0.5) is 0 Å². The van der Waals surface area contributed by atoms with Gasteiger partial charge in [0.05, 0.1) is 5.60 Å². The molecular weight excluding hydrogens is 442 g/mol. The van der Waals surface area contributed by atoms with Crippen LogP contribution in [0, 0.1) is 0 Å². The number of ether oxygens (including phenoxy) is 2. The number of piperidine rings is 2. The summed E-state index contributed by atoms with van der Waals surface area (Å²) in [6.45, 7) is 8.59. The molecule has 0 aromatic heterocycles. The fraction of sp³-hybridized carbons (Fsp3) is 0.643. The van der Waals surface area contributed by atoms with Crippen molar-refractivity contribution in [1.29, 1.82) is 0 Å². The quantitative estimate of drug-likeness (QED) is 0.644. The molecule has 1 saturated carbocycles. The zero-order chi connectivity index (χ0) is 24.6. The van der Waals surface area contributed by atoms with Crippen LogP contribution in [0.3, 0.4) is 0 Å². The molecule has 1 aromatic rings. The maximum absolute atomic E-state index is 13.1. The molecule has 1 unspecified atom stereocenters. The Morgan fingerprint density at radius 2 is 1.86 bits per heavy atom. The second-order valence-corrected chi connectivity index (χ2v) is 11.0. The smallest absolute Gasteiger partial charge is 0.255 e. The van der Waals surface area contributed by atoms with Gasteiger partial charge in [-0.3, -0.25) is 14.5 Å². The summed E-state index contributed by atoms with van der Waals surface area (Å²) < 4.78 is 12.4. The number of hydrogen-bond donors (Lipinski definition) is 1. The van der Waals surface area contributed by atoms with Crippen molar-refractivity contribution in [2.75, 3.05) is 20.2 Å². The first kappa shape index (κ1) is 24.3. The summed E-state index contributed by atoms with van der Waals surface area (Å²) in [5.41, 5.74) is 2.34. The largest absolute Gasteiger partial charge is 0.489 e. The summed E-state index contributed by atoms with van der Waals surface area (Å²) in [5, 5.41) is 2.81. The number of nitrogens with one attached hydrogen (secondary N) is 1. The fourth-order valence-electron chi connectivity index (χ4n) is 6.22. The Balaban J connectivity index is 1.28. The molecule has 190 valence electrons. The zero-order valence-electron chi connectivity index (χ0n) is 21.2. The van der Waals surface area contributed by atoms with E-state index in [9.17, 15) is 9.59 Å². The third kappa shape index (κ3) is 4.98. The van der Waals surface area contributed by atoms with E-state index in [1.165, 1.54) is 19.3 Å². The number of allylic oxidation sites excluding steroid dienone is 1. The molecule has 4 aliphatic rings. The van der Waals surface area contributed by atoms with Gasteiger partial charge < -0.3 is 19.7 Å². The van der Waals surface area contributed by atoms with E-state index in [0.717, 1.165) is 55.8 Å². The van der Waals surface area contributed by atoms with Gasteiger partial charge in [-0.05, 0) is 75.6 Å². The van der Waals surface area contributed by atoms with Gasteiger partial charge in [0.15, 0.2) is 0 Å². The van der Waals surface area contributed by atoms with E-state index in [2.05, 4.69) is 23.7 Å². The molecule has 3 atom stereocenters. The van der Waals surface area contributed by atoms with Crippen molar-refractivity contribution in [3.8, 4) is 5.75 Å². The Kier molecular flexibility index (Phi) is 6.91. The summed E-state index contributed by atoms with van der Waals surface area (Å²) in [4.78, 5) is 29.9. The number of fused-ring (bicyclic) bond motifs is 1. The Labute approximate surface area is 208 Å². The summed E-state index contributed by atoms with van der Waals surface area (Å²) in [6, 6.07) is 5.80. The minimum absolute atomic E-state index is 0.0154. The third-order valence-electron chi connectivity index (χ3n) is 8.63. The monoisotopic (exact) mass is 481 g/mol. The van der Waals surface area contributed by atoms with Gasteiger partial charge in [0.2, 0.25) is 5.91 Å². The van der Waals surface area contributed by atoms with Gasteiger partial charge >= 0.3 is 0 Å². The first-order chi connectivity index (χ1) is 16.9. The van der Waals surface area contributed by atoms with Gasteiger partial charge in [-0.15, -0.1) is 0 Å². The molecule has 2 amide bonds. The lowest BCUT2D eigenvalue weighted by molar-refractivity contribution is -0.126. The van der Waals surface area contributed by atoms with Crippen LogP contribution >= 0.6 is 0 Å². The normalized spacial score (nSPS) is 29.5. The number of hydrogen-bond acceptors (Lipinski definition) is 5. The first-order valence-corrected chi connectivity index (χ1v) is 13.3. The van der Waals surface area contributed by atoms with Crippen molar-refractivity contribution in [1.82, 2.24) is 15.1 Å². The molecule has 3 aliphatic heterocycles. The predicted octanol–water partition coefficient (Wildman–Crippen LogP) is 4.02. The van der Waals surface area contributed by atoms with Crippen LogP contribution < -0.4 is 10.1 Å². The Hall–Kier alpha value is -2.38. The minimum Gasteiger partial charge on any atom is -0.489 e.